The van der Waals surface area contributed by atoms with Crippen LogP contribution >= 0.6 is 0 Å². The summed E-state index contributed by atoms with van der Waals surface area (Å²) in [6, 6.07) is 13.7. The van der Waals surface area contributed by atoms with Crippen LogP contribution in [0.4, 0.5) is 27.4 Å². The summed E-state index contributed by atoms with van der Waals surface area (Å²) in [6.07, 6.45) is 1.41. The van der Waals surface area contributed by atoms with Crippen molar-refractivity contribution in [1.82, 2.24) is 9.97 Å². The van der Waals surface area contributed by atoms with Gasteiger partial charge in [0, 0.05) is 17.8 Å². The van der Waals surface area contributed by atoms with Gasteiger partial charge < -0.3 is 20.1 Å². The Labute approximate surface area is 143 Å². The van der Waals surface area contributed by atoms with Gasteiger partial charge in [0.15, 0.2) is 11.5 Å². The van der Waals surface area contributed by atoms with Crippen molar-refractivity contribution in [1.29, 1.82) is 0 Å². The number of nitrogens with zero attached hydrogens (tertiary/aromatic N) is 2. The minimum Gasteiger partial charge on any atom is -0.486 e. The van der Waals surface area contributed by atoms with Crippen LogP contribution in [0.2, 0.25) is 0 Å². The number of hydrogen-bond acceptors (Lipinski definition) is 6. The van der Waals surface area contributed by atoms with Crippen LogP contribution in [0.3, 0.4) is 0 Å². The van der Waals surface area contributed by atoms with E-state index < -0.39 is 0 Å². The SMILES string of the molecule is Fc1ccccc1Nc1cc(Nc2ccc3c(c2)OCCO3)ncn1. The molecule has 7 heteroatoms. The highest BCUT2D eigenvalue weighted by Crippen LogP contribution is 2.33. The molecule has 0 bridgehead atoms. The first-order valence-corrected chi connectivity index (χ1v) is 7.78. The van der Waals surface area contributed by atoms with Gasteiger partial charge in [0.2, 0.25) is 0 Å². The van der Waals surface area contributed by atoms with Gasteiger partial charge in [0.25, 0.3) is 0 Å². The van der Waals surface area contributed by atoms with E-state index in [1.54, 1.807) is 24.3 Å². The predicted molar refractivity (Wildman–Crippen MR) is 92.4 cm³/mol. The van der Waals surface area contributed by atoms with Crippen LogP contribution in [-0.2, 0) is 0 Å². The largest absolute Gasteiger partial charge is 0.486 e. The fourth-order valence-corrected chi connectivity index (χ4v) is 2.46. The van der Waals surface area contributed by atoms with Crippen molar-refractivity contribution in [3.63, 3.8) is 0 Å². The number of nitrogens with one attached hydrogen (secondary N) is 2. The molecule has 2 heterocycles. The van der Waals surface area contributed by atoms with E-state index in [1.165, 1.54) is 12.4 Å². The van der Waals surface area contributed by atoms with Gasteiger partial charge >= 0.3 is 0 Å². The lowest BCUT2D eigenvalue weighted by Crippen LogP contribution is -2.15. The first kappa shape index (κ1) is 15.2. The molecule has 6 nitrogen and oxygen atoms in total. The minimum atomic E-state index is -0.345. The Morgan fingerprint density at radius 3 is 2.44 bits per heavy atom. The number of hydrogen-bond donors (Lipinski definition) is 2. The number of para-hydroxylation sites is 1. The van der Waals surface area contributed by atoms with Crippen LogP contribution in [0.1, 0.15) is 0 Å². The van der Waals surface area contributed by atoms with Crippen molar-refractivity contribution < 1.29 is 13.9 Å². The van der Waals surface area contributed by atoms with Crippen LogP contribution in [-0.4, -0.2) is 23.2 Å². The zero-order valence-corrected chi connectivity index (χ0v) is 13.2. The number of anilines is 4. The molecule has 0 fully saturated rings. The number of rotatable bonds is 4. The number of ether oxygens (including phenoxy) is 2. The molecule has 0 saturated heterocycles. The maximum absolute atomic E-state index is 13.7. The fraction of sp³-hybridized carbons (Fsp3) is 0.111. The van der Waals surface area contributed by atoms with E-state index >= 15 is 0 Å². The summed E-state index contributed by atoms with van der Waals surface area (Å²) >= 11 is 0. The smallest absolute Gasteiger partial charge is 0.163 e. The van der Waals surface area contributed by atoms with Gasteiger partial charge in [-0.2, -0.15) is 0 Å². The van der Waals surface area contributed by atoms with E-state index in [9.17, 15) is 4.39 Å². The second-order valence-corrected chi connectivity index (χ2v) is 5.38. The average Bonchev–Trinajstić information content (AvgIpc) is 2.64. The van der Waals surface area contributed by atoms with E-state index in [0.29, 0.717) is 36.3 Å². The lowest BCUT2D eigenvalue weighted by Gasteiger charge is -2.19. The molecule has 0 aliphatic carbocycles. The summed E-state index contributed by atoms with van der Waals surface area (Å²) in [7, 11) is 0. The highest BCUT2D eigenvalue weighted by Gasteiger charge is 2.12. The van der Waals surface area contributed by atoms with Gasteiger partial charge in [-0.05, 0) is 24.3 Å². The standard InChI is InChI=1S/C18H15FN4O2/c19-13-3-1-2-4-14(13)23-18-10-17(20-11-21-18)22-12-5-6-15-16(9-12)25-8-7-24-15/h1-6,9-11H,7-8H2,(H2,20,21,22,23). The maximum atomic E-state index is 13.7. The molecule has 3 aromatic rings. The van der Waals surface area contributed by atoms with E-state index in [2.05, 4.69) is 20.6 Å². The van der Waals surface area contributed by atoms with Crippen LogP contribution in [0.5, 0.6) is 11.5 Å². The molecule has 0 unspecified atom stereocenters. The highest BCUT2D eigenvalue weighted by atomic mass is 19.1. The molecule has 1 aliphatic rings. The van der Waals surface area contributed by atoms with Crippen molar-refractivity contribution >= 4 is 23.0 Å². The Bertz CT molecular complexity index is 904. The monoisotopic (exact) mass is 338 g/mol. The molecule has 0 saturated carbocycles. The molecule has 25 heavy (non-hydrogen) atoms. The number of aromatic nitrogens is 2. The van der Waals surface area contributed by atoms with Crippen LogP contribution in [0.25, 0.3) is 0 Å². The first-order chi connectivity index (χ1) is 12.3. The summed E-state index contributed by atoms with van der Waals surface area (Å²) in [5, 5.41) is 6.11. The molecule has 1 aliphatic heterocycles. The molecule has 0 amide bonds. The van der Waals surface area contributed by atoms with Crippen LogP contribution < -0.4 is 20.1 Å². The Hall–Kier alpha value is -3.35. The molecule has 2 aromatic carbocycles. The molecule has 2 N–H and O–H groups in total. The Balaban J connectivity index is 1.53. The number of halogens is 1. The zero-order valence-electron chi connectivity index (χ0n) is 13.2. The van der Waals surface area contributed by atoms with E-state index in [0.717, 1.165) is 11.4 Å². The van der Waals surface area contributed by atoms with E-state index in [-0.39, 0.29) is 5.82 Å². The average molecular weight is 338 g/mol. The van der Waals surface area contributed by atoms with E-state index in [4.69, 9.17) is 9.47 Å². The van der Waals surface area contributed by atoms with Gasteiger partial charge in [-0.3, -0.25) is 0 Å². The lowest BCUT2D eigenvalue weighted by molar-refractivity contribution is 0.171. The molecular weight excluding hydrogens is 323 g/mol. The third kappa shape index (κ3) is 3.45. The van der Waals surface area contributed by atoms with Gasteiger partial charge in [-0.1, -0.05) is 12.1 Å². The number of fused-ring (bicyclic) bond motifs is 1. The Morgan fingerprint density at radius 2 is 1.60 bits per heavy atom. The Morgan fingerprint density at radius 1 is 0.840 bits per heavy atom. The van der Waals surface area contributed by atoms with Crippen molar-refractivity contribution in [3.8, 4) is 11.5 Å². The molecule has 0 spiro atoms. The molecule has 1 aromatic heterocycles. The van der Waals surface area contributed by atoms with Gasteiger partial charge in [-0.25, -0.2) is 14.4 Å². The molecule has 0 radical (unpaired) electrons. The molecule has 4 rings (SSSR count). The van der Waals surface area contributed by atoms with Crippen molar-refractivity contribution in [2.75, 3.05) is 23.8 Å². The fourth-order valence-electron chi connectivity index (χ4n) is 2.46. The van der Waals surface area contributed by atoms with Crippen LogP contribution in [0.15, 0.2) is 54.9 Å². The molecule has 0 atom stereocenters. The predicted octanol–water partition coefficient (Wildman–Crippen LogP) is 3.87. The zero-order chi connectivity index (χ0) is 17.1. The van der Waals surface area contributed by atoms with Gasteiger partial charge in [-0.15, -0.1) is 0 Å². The van der Waals surface area contributed by atoms with Crippen LogP contribution in [0, 0.1) is 5.82 Å². The van der Waals surface area contributed by atoms with Crippen molar-refractivity contribution in [2.45, 2.75) is 0 Å². The second-order valence-electron chi connectivity index (χ2n) is 5.38. The maximum Gasteiger partial charge on any atom is 0.163 e. The lowest BCUT2D eigenvalue weighted by atomic mass is 10.2. The quantitative estimate of drug-likeness (QED) is 0.752. The summed E-state index contributed by atoms with van der Waals surface area (Å²) in [5.41, 5.74) is 1.16. The third-order valence-corrected chi connectivity index (χ3v) is 3.62. The molecule has 126 valence electrons. The van der Waals surface area contributed by atoms with Gasteiger partial charge in [0.05, 0.1) is 5.69 Å². The van der Waals surface area contributed by atoms with Gasteiger partial charge in [0.1, 0.15) is 37.0 Å². The molecular formula is C18H15FN4O2. The Kier molecular flexibility index (Phi) is 4.04. The third-order valence-electron chi connectivity index (χ3n) is 3.62. The topological polar surface area (TPSA) is 68.3 Å². The van der Waals surface area contributed by atoms with E-state index in [1.807, 2.05) is 18.2 Å². The number of benzene rings is 2. The summed E-state index contributed by atoms with van der Waals surface area (Å²) in [6.45, 7) is 1.08. The first-order valence-electron chi connectivity index (χ1n) is 7.78. The normalized spacial score (nSPS) is 12.5. The summed E-state index contributed by atoms with van der Waals surface area (Å²) in [4.78, 5) is 8.30. The van der Waals surface area contributed by atoms with Crippen molar-refractivity contribution in [3.05, 3.63) is 60.7 Å². The highest BCUT2D eigenvalue weighted by molar-refractivity contribution is 5.65. The summed E-state index contributed by atoms with van der Waals surface area (Å²) in [5.74, 6) is 2.13. The second kappa shape index (κ2) is 6.64. The van der Waals surface area contributed by atoms with Crippen molar-refractivity contribution in [2.24, 2.45) is 0 Å². The minimum absolute atomic E-state index is 0.345. The summed E-state index contributed by atoms with van der Waals surface area (Å²) < 4.78 is 24.8.